The second-order valence-electron chi connectivity index (χ2n) is 6.44. The molecule has 8 heteroatoms. The fourth-order valence-electron chi connectivity index (χ4n) is 3.01. The minimum atomic E-state index is -0.166. The summed E-state index contributed by atoms with van der Waals surface area (Å²) < 4.78 is 1.10. The zero-order valence-corrected chi connectivity index (χ0v) is 17.6. The van der Waals surface area contributed by atoms with Gasteiger partial charge in [-0.3, -0.25) is 10.1 Å². The van der Waals surface area contributed by atoms with Crippen molar-refractivity contribution in [3.63, 3.8) is 0 Å². The van der Waals surface area contributed by atoms with Crippen LogP contribution in [-0.4, -0.2) is 35.2 Å². The topological polar surface area (TPSA) is 78.9 Å². The van der Waals surface area contributed by atoms with E-state index in [4.69, 9.17) is 0 Å². The van der Waals surface area contributed by atoms with E-state index < -0.39 is 0 Å². The lowest BCUT2D eigenvalue weighted by molar-refractivity contribution is 0.102. The second kappa shape index (κ2) is 10.2. The van der Waals surface area contributed by atoms with Crippen LogP contribution < -0.4 is 16.0 Å². The first-order valence-electron chi connectivity index (χ1n) is 9.08. The van der Waals surface area contributed by atoms with Gasteiger partial charge in [0, 0.05) is 21.7 Å². The SMILES string of the molecule is O=C(Nc1nnc(NCCCNC2CCCCC2)s1)c1ccc(I)cc1. The number of nitrogens with zero attached hydrogens (tertiary/aromatic N) is 2. The number of hydrogen-bond acceptors (Lipinski definition) is 6. The summed E-state index contributed by atoms with van der Waals surface area (Å²) in [6.07, 6.45) is 7.77. The summed E-state index contributed by atoms with van der Waals surface area (Å²) in [6, 6.07) is 8.12. The van der Waals surface area contributed by atoms with Crippen molar-refractivity contribution in [3.8, 4) is 0 Å². The number of carbonyl (C=O) groups excluding carboxylic acids is 1. The molecule has 1 fully saturated rings. The molecule has 1 amide bonds. The molecule has 3 N–H and O–H groups in total. The van der Waals surface area contributed by atoms with E-state index in [9.17, 15) is 4.79 Å². The van der Waals surface area contributed by atoms with E-state index in [0.29, 0.717) is 16.7 Å². The number of carbonyl (C=O) groups is 1. The molecule has 0 spiro atoms. The monoisotopic (exact) mass is 485 g/mol. The van der Waals surface area contributed by atoms with Crippen molar-refractivity contribution in [1.29, 1.82) is 0 Å². The van der Waals surface area contributed by atoms with Gasteiger partial charge in [-0.15, -0.1) is 10.2 Å². The lowest BCUT2D eigenvalue weighted by atomic mass is 9.95. The summed E-state index contributed by atoms with van der Waals surface area (Å²) in [5, 5.41) is 19.1. The van der Waals surface area contributed by atoms with Crippen LogP contribution in [0, 0.1) is 3.57 Å². The third-order valence-corrected chi connectivity index (χ3v) is 5.94. The van der Waals surface area contributed by atoms with Gasteiger partial charge in [0.1, 0.15) is 0 Å². The Hall–Kier alpha value is -1.26. The molecule has 0 bridgehead atoms. The highest BCUT2D eigenvalue weighted by Crippen LogP contribution is 2.21. The molecule has 1 aromatic heterocycles. The Morgan fingerprint density at radius 3 is 2.58 bits per heavy atom. The van der Waals surface area contributed by atoms with Crippen molar-refractivity contribution in [1.82, 2.24) is 15.5 Å². The molecular weight excluding hydrogens is 461 g/mol. The predicted molar refractivity (Wildman–Crippen MR) is 115 cm³/mol. The smallest absolute Gasteiger partial charge is 0.257 e. The van der Waals surface area contributed by atoms with E-state index in [-0.39, 0.29) is 5.91 Å². The van der Waals surface area contributed by atoms with Gasteiger partial charge in [-0.1, -0.05) is 30.6 Å². The predicted octanol–water partition coefficient (Wildman–Crippen LogP) is 4.12. The van der Waals surface area contributed by atoms with E-state index in [1.54, 1.807) is 12.1 Å². The highest BCUT2D eigenvalue weighted by molar-refractivity contribution is 14.1. The number of rotatable bonds is 8. The van der Waals surface area contributed by atoms with Crippen LogP contribution in [0.4, 0.5) is 10.3 Å². The Morgan fingerprint density at radius 2 is 1.81 bits per heavy atom. The summed E-state index contributed by atoms with van der Waals surface area (Å²) in [5.74, 6) is -0.166. The molecule has 2 aromatic rings. The number of benzene rings is 1. The van der Waals surface area contributed by atoms with Crippen LogP contribution in [0.2, 0.25) is 0 Å². The van der Waals surface area contributed by atoms with Crippen molar-refractivity contribution < 1.29 is 4.79 Å². The van der Waals surface area contributed by atoms with Crippen LogP contribution in [0.3, 0.4) is 0 Å². The zero-order chi connectivity index (χ0) is 18.2. The molecule has 1 aliphatic rings. The summed E-state index contributed by atoms with van der Waals surface area (Å²) in [5.41, 5.74) is 0.615. The molecule has 0 radical (unpaired) electrons. The van der Waals surface area contributed by atoms with Crippen LogP contribution >= 0.6 is 33.9 Å². The zero-order valence-electron chi connectivity index (χ0n) is 14.6. The van der Waals surface area contributed by atoms with Gasteiger partial charge in [0.2, 0.25) is 10.3 Å². The maximum Gasteiger partial charge on any atom is 0.257 e. The first-order chi connectivity index (χ1) is 12.7. The minimum absolute atomic E-state index is 0.166. The molecule has 1 heterocycles. The number of anilines is 2. The van der Waals surface area contributed by atoms with E-state index >= 15 is 0 Å². The van der Waals surface area contributed by atoms with Crippen molar-refractivity contribution >= 4 is 50.1 Å². The minimum Gasteiger partial charge on any atom is -0.360 e. The van der Waals surface area contributed by atoms with Crippen LogP contribution in [0.15, 0.2) is 24.3 Å². The van der Waals surface area contributed by atoms with Crippen molar-refractivity contribution in [2.75, 3.05) is 23.7 Å². The molecular formula is C18H24IN5OS. The summed E-state index contributed by atoms with van der Waals surface area (Å²) in [7, 11) is 0. The number of halogens is 1. The Balaban J connectivity index is 1.36. The third-order valence-electron chi connectivity index (χ3n) is 4.42. The van der Waals surface area contributed by atoms with Crippen LogP contribution in [0.25, 0.3) is 0 Å². The van der Waals surface area contributed by atoms with E-state index in [1.807, 2.05) is 12.1 Å². The molecule has 0 saturated heterocycles. The van der Waals surface area contributed by atoms with E-state index in [0.717, 1.165) is 28.2 Å². The maximum absolute atomic E-state index is 12.2. The van der Waals surface area contributed by atoms with Gasteiger partial charge in [0.05, 0.1) is 0 Å². The van der Waals surface area contributed by atoms with Gasteiger partial charge in [-0.05, 0) is 72.7 Å². The van der Waals surface area contributed by atoms with Gasteiger partial charge in [0.15, 0.2) is 0 Å². The van der Waals surface area contributed by atoms with Gasteiger partial charge < -0.3 is 10.6 Å². The van der Waals surface area contributed by atoms with Crippen LogP contribution in [-0.2, 0) is 0 Å². The van der Waals surface area contributed by atoms with Gasteiger partial charge in [-0.25, -0.2) is 0 Å². The lowest BCUT2D eigenvalue weighted by Gasteiger charge is -2.22. The Bertz CT molecular complexity index is 700. The number of amides is 1. The molecule has 26 heavy (non-hydrogen) atoms. The van der Waals surface area contributed by atoms with Gasteiger partial charge >= 0.3 is 0 Å². The molecule has 3 rings (SSSR count). The van der Waals surface area contributed by atoms with Crippen molar-refractivity contribution in [2.24, 2.45) is 0 Å². The Labute approximate surface area is 171 Å². The fourth-order valence-corrected chi connectivity index (χ4v) is 4.04. The molecule has 0 atom stereocenters. The number of nitrogens with one attached hydrogen (secondary N) is 3. The first-order valence-corrected chi connectivity index (χ1v) is 11.0. The Morgan fingerprint density at radius 1 is 1.08 bits per heavy atom. The van der Waals surface area contributed by atoms with Gasteiger partial charge in [0.25, 0.3) is 5.91 Å². The average Bonchev–Trinajstić information content (AvgIpc) is 3.10. The average molecular weight is 485 g/mol. The molecule has 1 aliphatic carbocycles. The molecule has 140 valence electrons. The number of aromatic nitrogens is 2. The lowest BCUT2D eigenvalue weighted by Crippen LogP contribution is -2.32. The summed E-state index contributed by atoms with van der Waals surface area (Å²) in [6.45, 7) is 1.87. The van der Waals surface area contributed by atoms with E-state index in [1.165, 1.54) is 43.4 Å². The summed E-state index contributed by atoms with van der Waals surface area (Å²) >= 11 is 3.57. The largest absolute Gasteiger partial charge is 0.360 e. The quantitative estimate of drug-likeness (QED) is 0.388. The van der Waals surface area contributed by atoms with Crippen LogP contribution in [0.5, 0.6) is 0 Å². The Kier molecular flexibility index (Phi) is 7.63. The standard InChI is InChI=1S/C18H24IN5OS/c19-14-9-7-13(8-10-14)16(25)22-18-24-23-17(26-18)21-12-4-11-20-15-5-2-1-3-6-15/h7-10,15,20H,1-6,11-12H2,(H,21,23)(H,22,24,25). The van der Waals surface area contributed by atoms with Gasteiger partial charge in [-0.2, -0.15) is 0 Å². The maximum atomic E-state index is 12.2. The molecule has 0 aliphatic heterocycles. The highest BCUT2D eigenvalue weighted by Gasteiger charge is 2.12. The van der Waals surface area contributed by atoms with Crippen molar-refractivity contribution in [3.05, 3.63) is 33.4 Å². The third kappa shape index (κ3) is 6.17. The molecule has 1 saturated carbocycles. The van der Waals surface area contributed by atoms with Crippen LogP contribution in [0.1, 0.15) is 48.9 Å². The van der Waals surface area contributed by atoms with E-state index in [2.05, 4.69) is 48.7 Å². The molecule has 1 aromatic carbocycles. The first kappa shape index (κ1) is 19.5. The fraction of sp³-hybridized carbons (Fsp3) is 0.500. The number of hydrogen-bond donors (Lipinski definition) is 3. The normalized spacial score (nSPS) is 15.0. The highest BCUT2D eigenvalue weighted by atomic mass is 127. The molecule has 0 unspecified atom stereocenters. The van der Waals surface area contributed by atoms with Crippen molar-refractivity contribution in [2.45, 2.75) is 44.6 Å². The summed E-state index contributed by atoms with van der Waals surface area (Å²) in [4.78, 5) is 12.2. The second-order valence-corrected chi connectivity index (χ2v) is 8.67. The molecule has 6 nitrogen and oxygen atoms in total.